The number of benzene rings is 1. The molecule has 1 atom stereocenters. The number of hydrogen-bond donors (Lipinski definition) is 1. The third-order valence-corrected chi connectivity index (χ3v) is 4.05. The molecule has 2 heterocycles. The second-order valence-electron chi connectivity index (χ2n) is 5.86. The maximum Gasteiger partial charge on any atom is 0.250 e. The molecule has 1 aromatic heterocycles. The van der Waals surface area contributed by atoms with E-state index < -0.39 is 5.91 Å². The van der Waals surface area contributed by atoms with Gasteiger partial charge in [-0.1, -0.05) is 6.07 Å². The van der Waals surface area contributed by atoms with Gasteiger partial charge in [-0.25, -0.2) is 4.98 Å². The molecule has 1 aliphatic rings. The zero-order valence-electron chi connectivity index (χ0n) is 13.9. The van der Waals surface area contributed by atoms with Crippen molar-refractivity contribution in [3.8, 4) is 11.9 Å². The molecule has 25 heavy (non-hydrogen) atoms. The molecule has 1 saturated heterocycles. The number of nitrogens with zero attached hydrogens (tertiary/aromatic N) is 3. The first-order chi connectivity index (χ1) is 11.6. The molecule has 3 rings (SSSR count). The molecule has 1 aliphatic heterocycles. The quantitative estimate of drug-likeness (QED) is 0.906. The van der Waals surface area contributed by atoms with Gasteiger partial charge in [0.05, 0.1) is 23.7 Å². The van der Waals surface area contributed by atoms with Gasteiger partial charge in [0, 0.05) is 30.9 Å². The number of rotatable bonds is 4. The van der Waals surface area contributed by atoms with Crippen LogP contribution in [0.1, 0.15) is 27.9 Å². The van der Waals surface area contributed by atoms with E-state index in [0.717, 1.165) is 24.2 Å². The molecule has 1 aromatic carbocycles. The van der Waals surface area contributed by atoms with E-state index in [9.17, 15) is 4.79 Å². The summed E-state index contributed by atoms with van der Waals surface area (Å²) < 4.78 is 5.91. The largest absolute Gasteiger partial charge is 0.472 e. The summed E-state index contributed by atoms with van der Waals surface area (Å²) in [6.45, 7) is 3.37. The third kappa shape index (κ3) is 4.22. The van der Waals surface area contributed by atoms with Crippen molar-refractivity contribution >= 4 is 25.1 Å². The Balaban J connectivity index is 0.00000225. The molecule has 0 aliphatic carbocycles. The Morgan fingerprint density at radius 1 is 1.40 bits per heavy atom. The minimum atomic E-state index is -0.535. The van der Waals surface area contributed by atoms with Crippen LogP contribution in [0.2, 0.25) is 0 Å². The highest BCUT2D eigenvalue weighted by molar-refractivity contribution is 7.59. The van der Waals surface area contributed by atoms with Gasteiger partial charge in [-0.3, -0.25) is 4.79 Å². The van der Waals surface area contributed by atoms with Gasteiger partial charge in [-0.15, -0.1) is 0 Å². The van der Waals surface area contributed by atoms with Gasteiger partial charge >= 0.3 is 0 Å². The van der Waals surface area contributed by atoms with E-state index in [4.69, 9.17) is 15.7 Å². The fraction of sp³-hybridized carbons (Fsp3) is 0.278. The molecule has 2 aromatic rings. The van der Waals surface area contributed by atoms with E-state index in [1.54, 1.807) is 18.3 Å². The van der Waals surface area contributed by atoms with Crippen LogP contribution in [-0.4, -0.2) is 30.1 Å². The molecule has 0 unspecified atom stereocenters. The van der Waals surface area contributed by atoms with Crippen molar-refractivity contribution in [2.24, 2.45) is 5.73 Å². The van der Waals surface area contributed by atoms with Crippen molar-refractivity contribution < 1.29 is 9.53 Å². The Bertz CT molecular complexity index is 802. The third-order valence-electron chi connectivity index (χ3n) is 4.05. The first-order valence-corrected chi connectivity index (χ1v) is 7.75. The highest BCUT2D eigenvalue weighted by Gasteiger charge is 2.27. The van der Waals surface area contributed by atoms with Gasteiger partial charge < -0.3 is 15.4 Å². The van der Waals surface area contributed by atoms with Crippen molar-refractivity contribution in [1.29, 1.82) is 5.26 Å². The van der Waals surface area contributed by atoms with Crippen LogP contribution < -0.4 is 15.4 Å². The fourth-order valence-corrected chi connectivity index (χ4v) is 2.82. The second-order valence-corrected chi connectivity index (χ2v) is 5.86. The summed E-state index contributed by atoms with van der Waals surface area (Å²) in [4.78, 5) is 18.0. The topological polar surface area (TPSA) is 92.2 Å². The van der Waals surface area contributed by atoms with E-state index in [1.807, 2.05) is 25.1 Å². The van der Waals surface area contributed by atoms with Crippen LogP contribution >= 0.6 is 13.5 Å². The van der Waals surface area contributed by atoms with Gasteiger partial charge in [0.15, 0.2) is 0 Å². The van der Waals surface area contributed by atoms with Crippen LogP contribution in [0.25, 0.3) is 0 Å². The summed E-state index contributed by atoms with van der Waals surface area (Å²) in [6.07, 6.45) is 2.60. The number of carbonyl (C=O) groups excluding carboxylic acids is 1. The summed E-state index contributed by atoms with van der Waals surface area (Å²) in [5.74, 6) is 0.0640. The first-order valence-electron chi connectivity index (χ1n) is 7.75. The number of aromatic nitrogens is 1. The normalized spacial score (nSPS) is 16.0. The highest BCUT2D eigenvalue weighted by Crippen LogP contribution is 2.27. The minimum absolute atomic E-state index is 0. The van der Waals surface area contributed by atoms with Crippen LogP contribution in [-0.2, 0) is 0 Å². The summed E-state index contributed by atoms with van der Waals surface area (Å²) >= 11 is 0. The van der Waals surface area contributed by atoms with Crippen LogP contribution in [0.4, 0.5) is 5.69 Å². The van der Waals surface area contributed by atoms with Crippen LogP contribution in [0.15, 0.2) is 36.5 Å². The lowest BCUT2D eigenvalue weighted by atomic mass is 10.1. The van der Waals surface area contributed by atoms with Gasteiger partial charge in [0.25, 0.3) is 5.91 Å². The van der Waals surface area contributed by atoms with E-state index in [2.05, 4.69) is 9.88 Å². The van der Waals surface area contributed by atoms with Gasteiger partial charge in [-0.05, 0) is 30.7 Å². The maximum absolute atomic E-state index is 11.7. The van der Waals surface area contributed by atoms with E-state index in [0.29, 0.717) is 23.6 Å². The minimum Gasteiger partial charge on any atom is -0.472 e. The number of nitrogens with two attached hydrogens (primary N) is 1. The Morgan fingerprint density at radius 3 is 2.84 bits per heavy atom. The first kappa shape index (κ1) is 18.6. The molecule has 0 saturated carbocycles. The van der Waals surface area contributed by atoms with E-state index in [1.165, 1.54) is 6.07 Å². The molecule has 7 heteroatoms. The number of amides is 1. The van der Waals surface area contributed by atoms with Crippen molar-refractivity contribution in [3.63, 3.8) is 0 Å². The molecule has 2 N–H and O–H groups in total. The Kier molecular flexibility index (Phi) is 5.88. The van der Waals surface area contributed by atoms with Crippen molar-refractivity contribution in [2.45, 2.75) is 19.4 Å². The van der Waals surface area contributed by atoms with Gasteiger partial charge in [0.1, 0.15) is 6.10 Å². The van der Waals surface area contributed by atoms with E-state index in [-0.39, 0.29) is 19.6 Å². The average molecular weight is 356 g/mol. The molecular formula is C18H20N4O2S. The van der Waals surface area contributed by atoms with Crippen LogP contribution in [0.5, 0.6) is 5.88 Å². The summed E-state index contributed by atoms with van der Waals surface area (Å²) in [5, 5.41) is 8.98. The number of hydrogen-bond acceptors (Lipinski definition) is 5. The SMILES string of the molecule is Cc1ccc(O[C@H]2CCN(c3ccc(C#N)cc3C(N)=O)C2)nc1.S. The lowest BCUT2D eigenvalue weighted by molar-refractivity contribution is 0.100. The number of anilines is 1. The monoisotopic (exact) mass is 356 g/mol. The zero-order chi connectivity index (χ0) is 17.1. The van der Waals surface area contributed by atoms with Gasteiger partial charge in [-0.2, -0.15) is 18.8 Å². The van der Waals surface area contributed by atoms with E-state index >= 15 is 0 Å². The number of carbonyl (C=O) groups is 1. The Labute approximate surface area is 153 Å². The summed E-state index contributed by atoms with van der Waals surface area (Å²) in [6, 6.07) is 10.8. The molecule has 1 amide bonds. The van der Waals surface area contributed by atoms with Gasteiger partial charge in [0.2, 0.25) is 5.88 Å². The lowest BCUT2D eigenvalue weighted by Gasteiger charge is -2.21. The molecular weight excluding hydrogens is 336 g/mol. The van der Waals surface area contributed by atoms with Crippen molar-refractivity contribution in [3.05, 3.63) is 53.2 Å². The Morgan fingerprint density at radius 2 is 2.20 bits per heavy atom. The molecule has 0 bridgehead atoms. The van der Waals surface area contributed by atoms with Crippen LogP contribution in [0.3, 0.4) is 0 Å². The van der Waals surface area contributed by atoms with Crippen LogP contribution in [0, 0.1) is 18.3 Å². The predicted octanol–water partition coefficient (Wildman–Crippen LogP) is 2.13. The summed E-state index contributed by atoms with van der Waals surface area (Å²) in [5.41, 5.74) is 8.07. The molecule has 0 radical (unpaired) electrons. The molecule has 0 spiro atoms. The van der Waals surface area contributed by atoms with Crippen molar-refractivity contribution in [2.75, 3.05) is 18.0 Å². The summed E-state index contributed by atoms with van der Waals surface area (Å²) in [7, 11) is 0. The number of pyridine rings is 1. The molecule has 6 nitrogen and oxygen atoms in total. The number of nitriles is 1. The van der Waals surface area contributed by atoms with Crippen molar-refractivity contribution in [1.82, 2.24) is 4.98 Å². The lowest BCUT2D eigenvalue weighted by Crippen LogP contribution is -2.27. The number of aryl methyl sites for hydroxylation is 1. The highest BCUT2D eigenvalue weighted by atomic mass is 32.1. The number of primary amides is 1. The standard InChI is InChI=1S/C18H18N4O2.H2S/c1-12-2-5-17(21-10-12)24-14-6-7-22(11-14)16-4-3-13(9-19)8-15(16)18(20)23;/h2-5,8,10,14H,6-7,11H2,1H3,(H2,20,23);1H2/t14-;/m0./s1. The Hall–Kier alpha value is -2.72. The fourth-order valence-electron chi connectivity index (χ4n) is 2.82. The zero-order valence-corrected chi connectivity index (χ0v) is 14.9. The molecule has 1 fully saturated rings. The molecule has 130 valence electrons. The predicted molar refractivity (Wildman–Crippen MR) is 100 cm³/mol. The number of ether oxygens (including phenoxy) is 1. The maximum atomic E-state index is 11.7. The smallest absolute Gasteiger partial charge is 0.250 e. The second kappa shape index (κ2) is 7.90. The average Bonchev–Trinajstić information content (AvgIpc) is 3.04.